The fraction of sp³-hybridized carbons (Fsp3) is 0.750. The lowest BCUT2D eigenvalue weighted by Crippen LogP contribution is -2.17. The van der Waals surface area contributed by atoms with Gasteiger partial charge < -0.3 is 9.53 Å². The van der Waals surface area contributed by atoms with Gasteiger partial charge in [0.05, 0.1) is 12.5 Å². The van der Waals surface area contributed by atoms with Crippen LogP contribution in [-0.2, 0) is 14.3 Å². The van der Waals surface area contributed by atoms with Gasteiger partial charge in [-0.1, -0.05) is 6.92 Å². The molecule has 3 nitrogen and oxygen atoms in total. The summed E-state index contributed by atoms with van der Waals surface area (Å²) in [4.78, 5) is 21.1. The average molecular weight is 158 g/mol. The van der Waals surface area contributed by atoms with E-state index in [1.165, 1.54) is 0 Å². The van der Waals surface area contributed by atoms with Crippen molar-refractivity contribution in [2.45, 2.75) is 26.7 Å². The van der Waals surface area contributed by atoms with Gasteiger partial charge in [0.15, 0.2) is 0 Å². The predicted molar refractivity (Wildman–Crippen MR) is 41.1 cm³/mol. The summed E-state index contributed by atoms with van der Waals surface area (Å²) in [6, 6.07) is 0. The van der Waals surface area contributed by atoms with E-state index in [1.807, 2.05) is 6.92 Å². The number of aldehydes is 1. The molecule has 11 heavy (non-hydrogen) atoms. The molecule has 0 saturated heterocycles. The molecule has 0 aromatic heterocycles. The largest absolute Gasteiger partial charge is 0.466 e. The fourth-order valence-corrected chi connectivity index (χ4v) is 0.806. The Morgan fingerprint density at radius 2 is 2.18 bits per heavy atom. The molecular weight excluding hydrogens is 144 g/mol. The first-order valence-corrected chi connectivity index (χ1v) is 3.86. The van der Waals surface area contributed by atoms with E-state index >= 15 is 0 Å². The molecule has 0 saturated carbocycles. The highest BCUT2D eigenvalue weighted by molar-refractivity contribution is 5.75. The molecule has 0 spiro atoms. The topological polar surface area (TPSA) is 43.4 Å². The van der Waals surface area contributed by atoms with Gasteiger partial charge in [-0.3, -0.25) is 4.79 Å². The summed E-state index contributed by atoms with van der Waals surface area (Å²) < 4.78 is 4.75. The van der Waals surface area contributed by atoms with Crippen LogP contribution in [0.25, 0.3) is 0 Å². The van der Waals surface area contributed by atoms with Crippen LogP contribution in [0, 0.1) is 5.92 Å². The van der Waals surface area contributed by atoms with Crippen molar-refractivity contribution in [1.29, 1.82) is 0 Å². The van der Waals surface area contributed by atoms with Crippen molar-refractivity contribution >= 4 is 12.3 Å². The summed E-state index contributed by atoms with van der Waals surface area (Å²) in [5, 5.41) is 0. The smallest absolute Gasteiger partial charge is 0.309 e. The van der Waals surface area contributed by atoms with Crippen LogP contribution < -0.4 is 0 Å². The molecule has 0 rings (SSSR count). The summed E-state index contributed by atoms with van der Waals surface area (Å²) in [7, 11) is 0. The molecule has 0 N–H and O–H groups in total. The van der Waals surface area contributed by atoms with Crippen molar-refractivity contribution in [2.24, 2.45) is 5.92 Å². The zero-order chi connectivity index (χ0) is 8.69. The Bertz CT molecular complexity index is 131. The van der Waals surface area contributed by atoms with Crippen molar-refractivity contribution in [3.8, 4) is 0 Å². The Balaban J connectivity index is 3.80. The minimum Gasteiger partial charge on any atom is -0.466 e. The monoisotopic (exact) mass is 158 g/mol. The summed E-state index contributed by atoms with van der Waals surface area (Å²) in [6.45, 7) is 4.00. The maximum absolute atomic E-state index is 11.0. The maximum Gasteiger partial charge on any atom is 0.309 e. The van der Waals surface area contributed by atoms with Gasteiger partial charge in [-0.15, -0.1) is 0 Å². The van der Waals surface area contributed by atoms with Crippen molar-refractivity contribution in [3.05, 3.63) is 0 Å². The van der Waals surface area contributed by atoms with Crippen LogP contribution in [0.1, 0.15) is 26.7 Å². The molecule has 0 radical (unpaired) electrons. The van der Waals surface area contributed by atoms with Crippen LogP contribution in [0.5, 0.6) is 0 Å². The Morgan fingerprint density at radius 1 is 1.55 bits per heavy atom. The van der Waals surface area contributed by atoms with Crippen LogP contribution in [0.3, 0.4) is 0 Å². The highest BCUT2D eigenvalue weighted by Crippen LogP contribution is 2.08. The lowest BCUT2D eigenvalue weighted by molar-refractivity contribution is -0.149. The van der Waals surface area contributed by atoms with Gasteiger partial charge >= 0.3 is 5.97 Å². The lowest BCUT2D eigenvalue weighted by Gasteiger charge is -2.08. The number of hydrogen-bond donors (Lipinski definition) is 0. The van der Waals surface area contributed by atoms with Gasteiger partial charge in [0, 0.05) is 6.42 Å². The first-order valence-electron chi connectivity index (χ1n) is 3.86. The van der Waals surface area contributed by atoms with E-state index in [0.29, 0.717) is 13.0 Å². The third-order valence-corrected chi connectivity index (χ3v) is 1.49. The van der Waals surface area contributed by atoms with Crippen molar-refractivity contribution in [1.82, 2.24) is 0 Å². The molecular formula is C8H14O3. The van der Waals surface area contributed by atoms with Crippen LogP contribution in [-0.4, -0.2) is 18.9 Å². The molecule has 0 heterocycles. The number of hydrogen-bond acceptors (Lipinski definition) is 3. The third kappa shape index (κ3) is 3.75. The summed E-state index contributed by atoms with van der Waals surface area (Å²) >= 11 is 0. The second-order valence-electron chi connectivity index (χ2n) is 2.26. The van der Waals surface area contributed by atoms with Crippen molar-refractivity contribution < 1.29 is 14.3 Å². The molecule has 0 aromatic carbocycles. The molecule has 1 atom stereocenters. The maximum atomic E-state index is 11.0. The van der Waals surface area contributed by atoms with Gasteiger partial charge in [0.2, 0.25) is 0 Å². The molecule has 0 fully saturated rings. The standard InChI is InChI=1S/C8H14O3/c1-3-7(5-6-9)8(10)11-4-2/h6-7H,3-5H2,1-2H3/t7-/m1/s1. The van der Waals surface area contributed by atoms with Gasteiger partial charge in [-0.05, 0) is 13.3 Å². The average Bonchev–Trinajstić information content (AvgIpc) is 2.00. The quantitative estimate of drug-likeness (QED) is 0.445. The number of rotatable bonds is 5. The van der Waals surface area contributed by atoms with E-state index in [1.54, 1.807) is 6.92 Å². The molecule has 0 amide bonds. The van der Waals surface area contributed by atoms with Gasteiger partial charge in [-0.2, -0.15) is 0 Å². The molecule has 0 aromatic rings. The molecule has 0 bridgehead atoms. The normalized spacial score (nSPS) is 12.2. The molecule has 0 unspecified atom stereocenters. The highest BCUT2D eigenvalue weighted by Gasteiger charge is 2.16. The number of carbonyl (C=O) groups is 2. The molecule has 0 aliphatic rings. The fourth-order valence-electron chi connectivity index (χ4n) is 0.806. The van der Waals surface area contributed by atoms with Crippen LogP contribution in [0.15, 0.2) is 0 Å². The Labute approximate surface area is 66.7 Å². The third-order valence-electron chi connectivity index (χ3n) is 1.49. The molecule has 3 heteroatoms. The number of esters is 1. The first-order chi connectivity index (χ1) is 5.26. The van der Waals surface area contributed by atoms with Crippen molar-refractivity contribution in [2.75, 3.05) is 6.61 Å². The van der Waals surface area contributed by atoms with E-state index in [0.717, 1.165) is 6.29 Å². The number of carbonyl (C=O) groups excluding carboxylic acids is 2. The SMILES string of the molecule is CCOC(=O)[C@H](CC)CC=O. The minimum absolute atomic E-state index is 0.243. The Hall–Kier alpha value is -0.860. The second-order valence-corrected chi connectivity index (χ2v) is 2.26. The second kappa shape index (κ2) is 5.89. The van der Waals surface area contributed by atoms with Crippen molar-refractivity contribution in [3.63, 3.8) is 0 Å². The first kappa shape index (κ1) is 10.1. The lowest BCUT2D eigenvalue weighted by atomic mass is 10.0. The van der Waals surface area contributed by atoms with Gasteiger partial charge in [-0.25, -0.2) is 0 Å². The van der Waals surface area contributed by atoms with E-state index in [2.05, 4.69) is 0 Å². The molecule has 64 valence electrons. The Morgan fingerprint density at radius 3 is 2.55 bits per heavy atom. The molecule has 0 aliphatic carbocycles. The van der Waals surface area contributed by atoms with Gasteiger partial charge in [0.25, 0.3) is 0 Å². The van der Waals surface area contributed by atoms with Gasteiger partial charge in [0.1, 0.15) is 6.29 Å². The van der Waals surface area contributed by atoms with E-state index in [4.69, 9.17) is 4.74 Å². The predicted octanol–water partition coefficient (Wildman–Crippen LogP) is 1.16. The summed E-state index contributed by atoms with van der Waals surface area (Å²) in [5.41, 5.74) is 0. The minimum atomic E-state index is -0.262. The highest BCUT2D eigenvalue weighted by atomic mass is 16.5. The zero-order valence-corrected chi connectivity index (χ0v) is 7.00. The Kier molecular flexibility index (Phi) is 5.43. The van der Waals surface area contributed by atoms with E-state index in [9.17, 15) is 9.59 Å². The zero-order valence-electron chi connectivity index (χ0n) is 7.00. The summed E-state index contributed by atoms with van der Waals surface area (Å²) in [5.74, 6) is -0.505. The molecule has 0 aliphatic heterocycles. The summed E-state index contributed by atoms with van der Waals surface area (Å²) in [6.07, 6.45) is 1.69. The number of ether oxygens (including phenoxy) is 1. The van der Waals surface area contributed by atoms with Crippen LogP contribution in [0.4, 0.5) is 0 Å². The van der Waals surface area contributed by atoms with Crippen LogP contribution in [0.2, 0.25) is 0 Å². The van der Waals surface area contributed by atoms with E-state index < -0.39 is 0 Å². The van der Waals surface area contributed by atoms with E-state index in [-0.39, 0.29) is 18.3 Å². The van der Waals surface area contributed by atoms with Crippen LogP contribution >= 0.6 is 0 Å².